The second-order valence-electron chi connectivity index (χ2n) is 5.04. The van der Waals surface area contributed by atoms with Crippen molar-refractivity contribution in [3.8, 4) is 11.5 Å². The molecule has 0 bridgehead atoms. The number of carbonyl (C=O) groups is 1. The van der Waals surface area contributed by atoms with Gasteiger partial charge in [0, 0.05) is 12.5 Å². The molecule has 0 saturated heterocycles. The normalized spacial score (nSPS) is 10.3. The monoisotopic (exact) mass is 284 g/mol. The molecule has 0 radical (unpaired) electrons. The van der Waals surface area contributed by atoms with Crippen molar-refractivity contribution in [2.45, 2.75) is 20.3 Å². The van der Waals surface area contributed by atoms with Crippen LogP contribution in [0.2, 0.25) is 0 Å². The number of methoxy groups -OCH3 is 2. The lowest BCUT2D eigenvalue weighted by molar-refractivity contribution is 0.0989. The zero-order valence-corrected chi connectivity index (χ0v) is 12.9. The van der Waals surface area contributed by atoms with Crippen LogP contribution in [0.25, 0.3) is 0 Å². The Balaban J connectivity index is 2.32. The summed E-state index contributed by atoms with van der Waals surface area (Å²) in [6.45, 7) is 4.06. The average Bonchev–Trinajstić information content (AvgIpc) is 2.50. The van der Waals surface area contributed by atoms with Crippen molar-refractivity contribution < 1.29 is 14.3 Å². The van der Waals surface area contributed by atoms with Gasteiger partial charge in [-0.15, -0.1) is 0 Å². The van der Waals surface area contributed by atoms with E-state index < -0.39 is 0 Å². The maximum Gasteiger partial charge on any atom is 0.170 e. The van der Waals surface area contributed by atoms with E-state index in [-0.39, 0.29) is 5.78 Å². The first-order valence-corrected chi connectivity index (χ1v) is 6.87. The van der Waals surface area contributed by atoms with Crippen LogP contribution in [0.1, 0.15) is 27.0 Å². The third-order valence-electron chi connectivity index (χ3n) is 3.69. The summed E-state index contributed by atoms with van der Waals surface area (Å²) in [4.78, 5) is 12.6. The number of Topliss-reactive ketones (excluding diaryl/α,β-unsaturated/α-hetero) is 1. The van der Waals surface area contributed by atoms with Gasteiger partial charge in [-0.1, -0.05) is 18.2 Å². The largest absolute Gasteiger partial charge is 0.497 e. The fourth-order valence-electron chi connectivity index (χ4n) is 2.41. The maximum atomic E-state index is 12.6. The molecule has 0 aromatic heterocycles. The average molecular weight is 284 g/mol. The molecule has 3 heteroatoms. The summed E-state index contributed by atoms with van der Waals surface area (Å²) in [6, 6.07) is 11.3. The van der Waals surface area contributed by atoms with Crippen molar-refractivity contribution in [1.82, 2.24) is 0 Å². The molecular weight excluding hydrogens is 264 g/mol. The third kappa shape index (κ3) is 3.24. The number of benzene rings is 2. The molecule has 0 fully saturated rings. The van der Waals surface area contributed by atoms with Gasteiger partial charge >= 0.3 is 0 Å². The molecule has 0 saturated carbocycles. The molecule has 0 N–H and O–H groups in total. The van der Waals surface area contributed by atoms with Crippen molar-refractivity contribution >= 4 is 5.78 Å². The number of hydrogen-bond acceptors (Lipinski definition) is 3. The molecule has 2 rings (SSSR count). The third-order valence-corrected chi connectivity index (χ3v) is 3.69. The van der Waals surface area contributed by atoms with Crippen molar-refractivity contribution in [3.05, 3.63) is 58.7 Å². The van der Waals surface area contributed by atoms with Crippen molar-refractivity contribution in [3.63, 3.8) is 0 Å². The molecule has 0 unspecified atom stereocenters. The maximum absolute atomic E-state index is 12.6. The van der Waals surface area contributed by atoms with Gasteiger partial charge in [-0.3, -0.25) is 4.79 Å². The summed E-state index contributed by atoms with van der Waals surface area (Å²) < 4.78 is 10.5. The zero-order valence-electron chi connectivity index (χ0n) is 12.9. The van der Waals surface area contributed by atoms with Crippen LogP contribution in [0.4, 0.5) is 0 Å². The van der Waals surface area contributed by atoms with Gasteiger partial charge in [-0.25, -0.2) is 0 Å². The number of hydrogen-bond donors (Lipinski definition) is 0. The molecule has 0 aliphatic rings. The number of ether oxygens (including phenoxy) is 2. The van der Waals surface area contributed by atoms with Crippen LogP contribution < -0.4 is 9.47 Å². The van der Waals surface area contributed by atoms with Crippen molar-refractivity contribution in [1.29, 1.82) is 0 Å². The Morgan fingerprint density at radius 1 is 1.00 bits per heavy atom. The van der Waals surface area contributed by atoms with Gasteiger partial charge in [0.05, 0.1) is 19.8 Å². The van der Waals surface area contributed by atoms with Crippen LogP contribution in [0, 0.1) is 13.8 Å². The topological polar surface area (TPSA) is 35.5 Å². The van der Waals surface area contributed by atoms with Crippen molar-refractivity contribution in [2.75, 3.05) is 14.2 Å². The molecule has 0 heterocycles. The minimum Gasteiger partial charge on any atom is -0.497 e. The Kier molecular flexibility index (Phi) is 4.63. The molecule has 3 nitrogen and oxygen atoms in total. The van der Waals surface area contributed by atoms with Gasteiger partial charge < -0.3 is 9.47 Å². The summed E-state index contributed by atoms with van der Waals surface area (Å²) in [7, 11) is 3.15. The van der Waals surface area contributed by atoms with Crippen LogP contribution in [0.15, 0.2) is 36.4 Å². The predicted molar refractivity (Wildman–Crippen MR) is 83.5 cm³/mol. The van der Waals surface area contributed by atoms with Crippen LogP contribution in [-0.2, 0) is 6.42 Å². The van der Waals surface area contributed by atoms with Gasteiger partial charge in [0.1, 0.15) is 11.5 Å². The summed E-state index contributed by atoms with van der Waals surface area (Å²) in [5.74, 6) is 1.27. The first kappa shape index (κ1) is 15.1. The fourth-order valence-corrected chi connectivity index (χ4v) is 2.41. The molecule has 21 heavy (non-hydrogen) atoms. The Morgan fingerprint density at radius 2 is 1.67 bits per heavy atom. The van der Waals surface area contributed by atoms with E-state index in [1.54, 1.807) is 32.4 Å². The first-order chi connectivity index (χ1) is 10.1. The highest BCUT2D eigenvalue weighted by molar-refractivity contribution is 6.00. The standard InChI is InChI=1S/C18H20O3/c1-12-6-5-7-13(2)16(12)11-17(19)15-9-8-14(20-3)10-18(15)21-4/h5-10H,11H2,1-4H3. The van der Waals surface area contributed by atoms with Gasteiger partial charge in [0.15, 0.2) is 5.78 Å². The highest BCUT2D eigenvalue weighted by Crippen LogP contribution is 2.26. The van der Waals surface area contributed by atoms with Crippen LogP contribution in [0.5, 0.6) is 11.5 Å². The Hall–Kier alpha value is -2.29. The number of ketones is 1. The van der Waals surface area contributed by atoms with Crippen LogP contribution >= 0.6 is 0 Å². The first-order valence-electron chi connectivity index (χ1n) is 6.87. The smallest absolute Gasteiger partial charge is 0.170 e. The molecule has 0 aliphatic carbocycles. The second-order valence-corrected chi connectivity index (χ2v) is 5.04. The Morgan fingerprint density at radius 3 is 2.24 bits per heavy atom. The van der Waals surface area contributed by atoms with Gasteiger partial charge in [0.2, 0.25) is 0 Å². The van der Waals surface area contributed by atoms with Gasteiger partial charge in [-0.05, 0) is 42.7 Å². The summed E-state index contributed by atoms with van der Waals surface area (Å²) in [5, 5.41) is 0. The van der Waals surface area contributed by atoms with E-state index in [4.69, 9.17) is 9.47 Å². The van der Waals surface area contributed by atoms with Crippen LogP contribution in [-0.4, -0.2) is 20.0 Å². The fraction of sp³-hybridized carbons (Fsp3) is 0.278. The predicted octanol–water partition coefficient (Wildman–Crippen LogP) is 3.75. The Bertz CT molecular complexity index is 639. The molecule has 0 amide bonds. The minimum absolute atomic E-state index is 0.0481. The van der Waals surface area contributed by atoms with E-state index in [9.17, 15) is 4.79 Å². The van der Waals surface area contributed by atoms with E-state index in [0.717, 1.165) is 16.7 Å². The molecule has 0 atom stereocenters. The molecule has 0 spiro atoms. The van der Waals surface area contributed by atoms with Crippen LogP contribution in [0.3, 0.4) is 0 Å². The van der Waals surface area contributed by atoms with E-state index in [1.807, 2.05) is 32.0 Å². The quantitative estimate of drug-likeness (QED) is 0.784. The summed E-state index contributed by atoms with van der Waals surface area (Å²) in [5.41, 5.74) is 3.94. The molecule has 0 aliphatic heterocycles. The molecule has 110 valence electrons. The van der Waals surface area contributed by atoms with E-state index in [2.05, 4.69) is 0 Å². The zero-order chi connectivity index (χ0) is 15.4. The Labute approximate surface area is 125 Å². The second kappa shape index (κ2) is 6.44. The molecular formula is C18H20O3. The van der Waals surface area contributed by atoms with Gasteiger partial charge in [0.25, 0.3) is 0 Å². The van der Waals surface area contributed by atoms with E-state index in [1.165, 1.54) is 0 Å². The lowest BCUT2D eigenvalue weighted by Crippen LogP contribution is -2.08. The number of rotatable bonds is 5. The SMILES string of the molecule is COc1ccc(C(=O)Cc2c(C)cccc2C)c(OC)c1. The minimum atomic E-state index is 0.0481. The lowest BCUT2D eigenvalue weighted by Gasteiger charge is -2.12. The lowest BCUT2D eigenvalue weighted by atomic mass is 9.95. The van der Waals surface area contributed by atoms with E-state index >= 15 is 0 Å². The highest BCUT2D eigenvalue weighted by atomic mass is 16.5. The van der Waals surface area contributed by atoms with Gasteiger partial charge in [-0.2, -0.15) is 0 Å². The summed E-state index contributed by atoms with van der Waals surface area (Å²) in [6.07, 6.45) is 0.376. The summed E-state index contributed by atoms with van der Waals surface area (Å²) >= 11 is 0. The number of carbonyl (C=O) groups excluding carboxylic acids is 1. The van der Waals surface area contributed by atoms with E-state index in [0.29, 0.717) is 23.5 Å². The van der Waals surface area contributed by atoms with Crippen molar-refractivity contribution in [2.24, 2.45) is 0 Å². The molecule has 2 aromatic carbocycles. The highest BCUT2D eigenvalue weighted by Gasteiger charge is 2.15. The molecule has 2 aromatic rings. The number of aryl methyl sites for hydroxylation is 2.